The summed E-state index contributed by atoms with van der Waals surface area (Å²) in [6, 6.07) is 5.04. The average Bonchev–Trinajstić information content (AvgIpc) is 2.37. The fourth-order valence-corrected chi connectivity index (χ4v) is 3.13. The van der Waals surface area contributed by atoms with E-state index in [1.165, 1.54) is 13.2 Å². The van der Waals surface area contributed by atoms with Crippen LogP contribution in [0.25, 0.3) is 0 Å². The van der Waals surface area contributed by atoms with Crippen molar-refractivity contribution in [1.29, 1.82) is 0 Å². The Hall–Kier alpha value is -1.17. The van der Waals surface area contributed by atoms with E-state index in [1.807, 2.05) is 6.07 Å². The molecule has 2 atom stereocenters. The van der Waals surface area contributed by atoms with E-state index in [0.29, 0.717) is 6.54 Å². The standard InChI is InChI=1S/C16H25FN2O2/c1-11-9-19(10-16(2,3)21-11)14(8-18)12-5-6-15(20-4)13(17)7-12/h5-7,11,14H,8-10,18H2,1-4H3. The number of benzene rings is 1. The first-order valence-electron chi connectivity index (χ1n) is 7.31. The van der Waals surface area contributed by atoms with E-state index in [1.54, 1.807) is 6.07 Å². The fraction of sp³-hybridized carbons (Fsp3) is 0.625. The van der Waals surface area contributed by atoms with Crippen LogP contribution in [0.15, 0.2) is 18.2 Å². The first-order chi connectivity index (χ1) is 9.86. The second-order valence-electron chi connectivity index (χ2n) is 6.26. The van der Waals surface area contributed by atoms with Gasteiger partial charge in [-0.2, -0.15) is 0 Å². The maximum Gasteiger partial charge on any atom is 0.165 e. The van der Waals surface area contributed by atoms with Gasteiger partial charge in [0.2, 0.25) is 0 Å². The van der Waals surface area contributed by atoms with Crippen molar-refractivity contribution in [2.75, 3.05) is 26.7 Å². The summed E-state index contributed by atoms with van der Waals surface area (Å²) in [4.78, 5) is 2.27. The first-order valence-corrected chi connectivity index (χ1v) is 7.31. The van der Waals surface area contributed by atoms with Gasteiger partial charge in [-0.3, -0.25) is 4.90 Å². The second kappa shape index (κ2) is 6.30. The first kappa shape index (κ1) is 16.2. The summed E-state index contributed by atoms with van der Waals surface area (Å²) < 4.78 is 24.8. The predicted molar refractivity (Wildman–Crippen MR) is 80.9 cm³/mol. The van der Waals surface area contributed by atoms with E-state index in [-0.39, 0.29) is 29.3 Å². The number of hydrogen-bond acceptors (Lipinski definition) is 4. The molecule has 2 unspecified atom stereocenters. The minimum absolute atomic E-state index is 0.0176. The SMILES string of the molecule is COc1ccc(C(CN)N2CC(C)OC(C)(C)C2)cc1F. The molecule has 2 rings (SSSR count). The van der Waals surface area contributed by atoms with Gasteiger partial charge in [0.15, 0.2) is 11.6 Å². The molecule has 1 aromatic carbocycles. The Morgan fingerprint density at radius 1 is 1.52 bits per heavy atom. The van der Waals surface area contributed by atoms with Crippen LogP contribution in [0.5, 0.6) is 5.75 Å². The highest BCUT2D eigenvalue weighted by molar-refractivity contribution is 5.31. The van der Waals surface area contributed by atoms with Gasteiger partial charge >= 0.3 is 0 Å². The predicted octanol–water partition coefficient (Wildman–Crippen LogP) is 2.33. The van der Waals surface area contributed by atoms with Crippen molar-refractivity contribution in [3.05, 3.63) is 29.6 Å². The molecular formula is C16H25FN2O2. The second-order valence-corrected chi connectivity index (χ2v) is 6.26. The van der Waals surface area contributed by atoms with Crippen LogP contribution in [0, 0.1) is 5.82 Å². The number of halogens is 1. The highest BCUT2D eigenvalue weighted by atomic mass is 19.1. The molecule has 1 heterocycles. The summed E-state index contributed by atoms with van der Waals surface area (Å²) in [5.74, 6) is -0.0979. The maximum absolute atomic E-state index is 13.9. The summed E-state index contributed by atoms with van der Waals surface area (Å²) in [5, 5.41) is 0. The van der Waals surface area contributed by atoms with Gasteiger partial charge in [0.05, 0.1) is 18.8 Å². The van der Waals surface area contributed by atoms with Crippen molar-refractivity contribution in [3.8, 4) is 5.75 Å². The van der Waals surface area contributed by atoms with Crippen molar-refractivity contribution >= 4 is 0 Å². The minimum atomic E-state index is -0.353. The quantitative estimate of drug-likeness (QED) is 0.926. The summed E-state index contributed by atoms with van der Waals surface area (Å²) in [5.41, 5.74) is 6.60. The molecule has 1 aliphatic rings. The van der Waals surface area contributed by atoms with Gasteiger partial charge in [0.1, 0.15) is 0 Å². The normalized spacial score (nSPS) is 23.8. The van der Waals surface area contributed by atoms with Gasteiger partial charge < -0.3 is 15.2 Å². The van der Waals surface area contributed by atoms with E-state index >= 15 is 0 Å². The molecule has 1 saturated heterocycles. The Bertz CT molecular complexity index is 493. The van der Waals surface area contributed by atoms with E-state index in [4.69, 9.17) is 15.2 Å². The van der Waals surface area contributed by atoms with Gasteiger partial charge in [-0.25, -0.2) is 4.39 Å². The fourth-order valence-electron chi connectivity index (χ4n) is 3.13. The number of hydrogen-bond donors (Lipinski definition) is 1. The third-order valence-corrected chi connectivity index (χ3v) is 3.82. The molecule has 118 valence electrons. The van der Waals surface area contributed by atoms with Crippen molar-refractivity contribution in [2.45, 2.75) is 38.5 Å². The Balaban J connectivity index is 2.24. The molecule has 1 fully saturated rings. The molecule has 5 heteroatoms. The molecule has 0 amide bonds. The molecule has 21 heavy (non-hydrogen) atoms. The van der Waals surface area contributed by atoms with E-state index in [2.05, 4.69) is 25.7 Å². The van der Waals surface area contributed by atoms with Crippen LogP contribution in [0.1, 0.15) is 32.4 Å². The maximum atomic E-state index is 13.9. The molecule has 0 aromatic heterocycles. The highest BCUT2D eigenvalue weighted by Gasteiger charge is 2.34. The lowest BCUT2D eigenvalue weighted by atomic mass is 9.99. The third kappa shape index (κ3) is 3.73. The van der Waals surface area contributed by atoms with Crippen LogP contribution in [0.2, 0.25) is 0 Å². The monoisotopic (exact) mass is 296 g/mol. The van der Waals surface area contributed by atoms with Crippen molar-refractivity contribution in [1.82, 2.24) is 4.90 Å². The zero-order valence-corrected chi connectivity index (χ0v) is 13.2. The molecular weight excluding hydrogens is 271 g/mol. The van der Waals surface area contributed by atoms with E-state index in [9.17, 15) is 4.39 Å². The number of rotatable bonds is 4. The lowest BCUT2D eigenvalue weighted by Gasteiger charge is -2.45. The Morgan fingerprint density at radius 3 is 2.76 bits per heavy atom. The lowest BCUT2D eigenvalue weighted by molar-refractivity contribution is -0.137. The molecule has 2 N–H and O–H groups in total. The zero-order chi connectivity index (χ0) is 15.6. The van der Waals surface area contributed by atoms with E-state index in [0.717, 1.165) is 18.7 Å². The van der Waals surface area contributed by atoms with Crippen LogP contribution < -0.4 is 10.5 Å². The molecule has 0 spiro atoms. The van der Waals surface area contributed by atoms with E-state index < -0.39 is 0 Å². The summed E-state index contributed by atoms with van der Waals surface area (Å²) >= 11 is 0. The summed E-state index contributed by atoms with van der Waals surface area (Å²) in [6.45, 7) is 8.19. The largest absolute Gasteiger partial charge is 0.494 e. The molecule has 1 aliphatic heterocycles. The number of methoxy groups -OCH3 is 1. The topological polar surface area (TPSA) is 47.7 Å². The lowest BCUT2D eigenvalue weighted by Crippen LogP contribution is -2.53. The van der Waals surface area contributed by atoms with Gasteiger partial charge in [0, 0.05) is 25.7 Å². The number of nitrogens with zero attached hydrogens (tertiary/aromatic N) is 1. The molecule has 0 radical (unpaired) electrons. The minimum Gasteiger partial charge on any atom is -0.494 e. The van der Waals surface area contributed by atoms with Gasteiger partial charge in [-0.15, -0.1) is 0 Å². The Morgan fingerprint density at radius 2 is 2.24 bits per heavy atom. The van der Waals surface area contributed by atoms with Gasteiger partial charge in [0.25, 0.3) is 0 Å². The smallest absolute Gasteiger partial charge is 0.165 e. The molecule has 0 saturated carbocycles. The third-order valence-electron chi connectivity index (χ3n) is 3.82. The van der Waals surface area contributed by atoms with Crippen molar-refractivity contribution in [3.63, 3.8) is 0 Å². The Labute approximate surface area is 126 Å². The van der Waals surface area contributed by atoms with Crippen molar-refractivity contribution < 1.29 is 13.9 Å². The Kier molecular flexibility index (Phi) is 4.86. The number of morpholine rings is 1. The van der Waals surface area contributed by atoms with Crippen molar-refractivity contribution in [2.24, 2.45) is 5.73 Å². The van der Waals surface area contributed by atoms with Gasteiger partial charge in [-0.05, 0) is 38.5 Å². The number of nitrogens with two attached hydrogens (primary N) is 1. The molecule has 0 aliphatic carbocycles. The highest BCUT2D eigenvalue weighted by Crippen LogP contribution is 2.30. The molecule has 4 nitrogen and oxygen atoms in total. The summed E-state index contributed by atoms with van der Waals surface area (Å²) in [7, 11) is 1.46. The molecule has 0 bridgehead atoms. The van der Waals surface area contributed by atoms with Crippen LogP contribution in [0.3, 0.4) is 0 Å². The summed E-state index contributed by atoms with van der Waals surface area (Å²) in [6.07, 6.45) is 0.130. The average molecular weight is 296 g/mol. The molecule has 1 aromatic rings. The van der Waals surface area contributed by atoms with Crippen LogP contribution >= 0.6 is 0 Å². The zero-order valence-electron chi connectivity index (χ0n) is 13.2. The van der Waals surface area contributed by atoms with Gasteiger partial charge in [-0.1, -0.05) is 6.07 Å². The van der Waals surface area contributed by atoms with Crippen LogP contribution in [-0.4, -0.2) is 43.3 Å². The van der Waals surface area contributed by atoms with Crippen LogP contribution in [-0.2, 0) is 4.74 Å². The van der Waals surface area contributed by atoms with Crippen LogP contribution in [0.4, 0.5) is 4.39 Å². The number of ether oxygens (including phenoxy) is 2.